The summed E-state index contributed by atoms with van der Waals surface area (Å²) in [5, 5.41) is 47.1. The Bertz CT molecular complexity index is 2340. The molecule has 21 N–H and O–H groups in total. The number of aliphatic hydroxyl groups excluding tert-OH is 1. The number of rotatable bonds is 34. The molecular weight excluding hydrogens is 1030 g/mol. The van der Waals surface area contributed by atoms with E-state index in [0.717, 1.165) is 0 Å². The van der Waals surface area contributed by atoms with Crippen molar-refractivity contribution in [3.63, 3.8) is 0 Å². The number of phenols is 1. The van der Waals surface area contributed by atoms with Crippen molar-refractivity contribution in [1.82, 2.24) is 52.1 Å². The smallest absolute Gasteiger partial charge is 0.326 e. The minimum Gasteiger partial charge on any atom is -0.508 e. The number of hydrogen-bond acceptors (Lipinski definition) is 17. The van der Waals surface area contributed by atoms with Crippen LogP contribution < -0.4 is 65.9 Å². The van der Waals surface area contributed by atoms with Gasteiger partial charge in [0, 0.05) is 37.8 Å². The Morgan fingerprint density at radius 1 is 0.792 bits per heavy atom. The summed E-state index contributed by atoms with van der Waals surface area (Å²) in [7, 11) is 0. The predicted molar refractivity (Wildman–Crippen MR) is 280 cm³/mol. The minimum absolute atomic E-state index is 0.0237. The highest BCUT2D eigenvalue weighted by atomic mass is 32.2. The van der Waals surface area contributed by atoms with E-state index in [4.69, 9.17) is 28.7 Å². The molecule has 2 aromatic rings. The van der Waals surface area contributed by atoms with Gasteiger partial charge in [0.1, 0.15) is 54.1 Å². The molecule has 30 heteroatoms. The van der Waals surface area contributed by atoms with Crippen molar-refractivity contribution in [2.24, 2.45) is 33.7 Å². The first-order valence-corrected chi connectivity index (χ1v) is 26.3. The Labute approximate surface area is 448 Å². The van der Waals surface area contributed by atoms with Gasteiger partial charge >= 0.3 is 5.97 Å². The number of H-pyrrole nitrogens is 1. The number of aromatic amines is 1. The number of carboxylic acids is 1. The number of aromatic hydroxyl groups is 1. The van der Waals surface area contributed by atoms with Gasteiger partial charge in [0.05, 0.1) is 25.4 Å². The molecule has 77 heavy (non-hydrogen) atoms. The fourth-order valence-electron chi connectivity index (χ4n) is 7.94. The topological polar surface area (TPSA) is 490 Å². The molecule has 1 aromatic heterocycles. The maximum Gasteiger partial charge on any atom is 0.326 e. The van der Waals surface area contributed by atoms with Gasteiger partial charge in [-0.15, -0.1) is 0 Å². The van der Waals surface area contributed by atoms with Crippen molar-refractivity contribution >= 4 is 76.9 Å². The van der Waals surface area contributed by atoms with Gasteiger partial charge < -0.3 is 91.1 Å². The van der Waals surface area contributed by atoms with Gasteiger partial charge in [-0.05, 0) is 94.5 Å². The fourth-order valence-corrected chi connectivity index (χ4v) is 8.42. The molecular formula is C47H74N16O13S. The van der Waals surface area contributed by atoms with Gasteiger partial charge in [0.15, 0.2) is 5.96 Å². The number of nitrogens with two attached hydrogens (primary N) is 5. The molecule has 0 aliphatic carbocycles. The van der Waals surface area contributed by atoms with Crippen LogP contribution in [0.15, 0.2) is 41.8 Å². The van der Waals surface area contributed by atoms with Gasteiger partial charge in [0.2, 0.25) is 53.2 Å². The Balaban J connectivity index is 1.85. The molecule has 9 unspecified atom stereocenters. The number of carbonyl (C=O) groups is 10. The van der Waals surface area contributed by atoms with Gasteiger partial charge in [-0.3, -0.25) is 48.1 Å². The van der Waals surface area contributed by atoms with Crippen molar-refractivity contribution in [2.45, 2.75) is 132 Å². The van der Waals surface area contributed by atoms with E-state index >= 15 is 0 Å². The molecule has 2 heterocycles. The number of likely N-dealkylation sites (tertiary alicyclic amines) is 1. The van der Waals surface area contributed by atoms with Crippen molar-refractivity contribution in [3.05, 3.63) is 48.0 Å². The molecule has 3 rings (SSSR count). The first-order valence-electron chi connectivity index (χ1n) is 24.9. The largest absolute Gasteiger partial charge is 0.508 e. The highest BCUT2D eigenvalue weighted by Gasteiger charge is 2.40. The number of benzene rings is 1. The summed E-state index contributed by atoms with van der Waals surface area (Å²) in [6, 6.07) is -5.00. The van der Waals surface area contributed by atoms with E-state index in [1.807, 2.05) is 0 Å². The second-order valence-electron chi connectivity index (χ2n) is 18.3. The van der Waals surface area contributed by atoms with E-state index in [9.17, 15) is 63.3 Å². The number of amides is 9. The first-order chi connectivity index (χ1) is 36.5. The molecule has 426 valence electrons. The number of aliphatic hydroxyl groups is 1. The SMILES string of the molecule is CSCCC(NC(=O)C(CCCCN)NC(=O)C(N)C(C)O)C(=O)NC(Cc1ccc(O)cc1)C(=O)N1CCCC1C(=O)NC(CCCN=C(N)N)C(=O)NCC(=O)NC(CC(N)=O)C(=O)NC(Cc1cnc[nH]1)C(=O)O. The van der Waals surface area contributed by atoms with Gasteiger partial charge in [-0.2, -0.15) is 11.8 Å². The lowest BCUT2D eigenvalue weighted by Crippen LogP contribution is -2.60. The summed E-state index contributed by atoms with van der Waals surface area (Å²) in [6.45, 7) is 0.892. The Hall–Kier alpha value is -7.57. The van der Waals surface area contributed by atoms with Crippen LogP contribution in [0.5, 0.6) is 5.75 Å². The third-order valence-corrected chi connectivity index (χ3v) is 12.8. The van der Waals surface area contributed by atoms with Crippen LogP contribution in [0.1, 0.15) is 76.0 Å². The van der Waals surface area contributed by atoms with Crippen molar-refractivity contribution < 1.29 is 63.3 Å². The molecule has 0 bridgehead atoms. The van der Waals surface area contributed by atoms with Gasteiger partial charge in [-0.25, -0.2) is 9.78 Å². The standard InChI is InChI=1S/C47H74N16O13S/c1-25(64)38(50)44(73)60-30(7-3-4-15-48)40(69)58-31(14-18-77-2)41(70)61-33(19-26-10-12-28(65)13-11-26)45(74)63-17-6-9-35(63)43(72)59-29(8-5-16-54-47(51)52)39(68)55-23-37(67)57-32(21-36(49)66)42(71)62-34(46(75)76)20-27-22-53-24-56-27/h10-13,22,24-25,29-35,38,64-65H,3-9,14-21,23,48,50H2,1-2H3,(H2,49,66)(H,53,56)(H,55,68)(H,57,67)(H,58,69)(H,59,72)(H,60,73)(H,61,70)(H,62,71)(H,75,76)(H4,51,52,54). The lowest BCUT2D eigenvalue weighted by Gasteiger charge is -2.31. The summed E-state index contributed by atoms with van der Waals surface area (Å²) in [5.41, 5.74) is 28.6. The lowest BCUT2D eigenvalue weighted by atomic mass is 10.0. The zero-order chi connectivity index (χ0) is 57.2. The average molecular weight is 1100 g/mol. The van der Waals surface area contributed by atoms with Crippen molar-refractivity contribution in [1.29, 1.82) is 0 Å². The molecule has 1 fully saturated rings. The third-order valence-electron chi connectivity index (χ3n) is 12.1. The molecule has 29 nitrogen and oxygen atoms in total. The monoisotopic (exact) mass is 1100 g/mol. The van der Waals surface area contributed by atoms with E-state index in [1.54, 1.807) is 6.26 Å². The number of aliphatic imine (C=N–C) groups is 1. The number of guanidine groups is 1. The van der Waals surface area contributed by atoms with Crippen LogP contribution in [0.4, 0.5) is 0 Å². The van der Waals surface area contributed by atoms with E-state index in [-0.39, 0.29) is 69.7 Å². The summed E-state index contributed by atoms with van der Waals surface area (Å²) in [6.07, 6.45) is 3.73. The summed E-state index contributed by atoms with van der Waals surface area (Å²) in [5.74, 6) is -9.11. The van der Waals surface area contributed by atoms with Gasteiger partial charge in [-0.1, -0.05) is 12.1 Å². The van der Waals surface area contributed by atoms with Crippen LogP contribution >= 0.6 is 11.8 Å². The maximum atomic E-state index is 14.7. The van der Waals surface area contributed by atoms with E-state index in [2.05, 4.69) is 52.2 Å². The number of phenolic OH excluding ortho intramolecular Hbond substituents is 1. The first kappa shape index (κ1) is 63.7. The summed E-state index contributed by atoms with van der Waals surface area (Å²) < 4.78 is 0. The number of nitrogens with one attached hydrogen (secondary N) is 8. The van der Waals surface area contributed by atoms with E-state index in [1.165, 1.54) is 60.4 Å². The Kier molecular flexibility index (Phi) is 27.1. The fraction of sp³-hybridized carbons (Fsp3) is 0.574. The number of carbonyl (C=O) groups excluding carboxylic acids is 9. The molecule has 1 aromatic carbocycles. The van der Waals surface area contributed by atoms with Crippen LogP contribution in [0, 0.1) is 0 Å². The number of carboxylic acid groups (broad SMARTS) is 1. The Morgan fingerprint density at radius 3 is 2.00 bits per heavy atom. The number of nitrogens with zero attached hydrogens (tertiary/aromatic N) is 3. The highest BCUT2D eigenvalue weighted by Crippen LogP contribution is 2.21. The molecule has 9 atom stereocenters. The zero-order valence-corrected chi connectivity index (χ0v) is 43.9. The Morgan fingerprint density at radius 2 is 1.40 bits per heavy atom. The van der Waals surface area contributed by atoms with E-state index in [0.29, 0.717) is 42.8 Å². The van der Waals surface area contributed by atoms with Crippen LogP contribution in [-0.4, -0.2) is 188 Å². The molecule has 1 aliphatic rings. The number of primary amides is 1. The summed E-state index contributed by atoms with van der Waals surface area (Å²) in [4.78, 5) is 145. The molecule has 0 radical (unpaired) electrons. The minimum atomic E-state index is -1.66. The second kappa shape index (κ2) is 32.8. The van der Waals surface area contributed by atoms with Crippen LogP contribution in [0.2, 0.25) is 0 Å². The van der Waals surface area contributed by atoms with Crippen LogP contribution in [0.3, 0.4) is 0 Å². The molecule has 1 saturated heterocycles. The number of hydrogen-bond donors (Lipinski definition) is 16. The van der Waals surface area contributed by atoms with Crippen molar-refractivity contribution in [2.75, 3.05) is 38.2 Å². The number of aliphatic carboxylic acids is 1. The third kappa shape index (κ3) is 22.3. The predicted octanol–water partition coefficient (Wildman–Crippen LogP) is -5.48. The van der Waals surface area contributed by atoms with Crippen LogP contribution in [0.25, 0.3) is 0 Å². The number of thioether (sulfide) groups is 1. The molecule has 9 amide bonds. The second-order valence-corrected chi connectivity index (χ2v) is 19.3. The number of aromatic nitrogens is 2. The molecule has 0 saturated carbocycles. The summed E-state index contributed by atoms with van der Waals surface area (Å²) >= 11 is 1.38. The van der Waals surface area contributed by atoms with E-state index < -0.39 is 127 Å². The molecule has 0 spiro atoms. The average Bonchev–Trinajstić information content (AvgIpc) is 4.10. The highest BCUT2D eigenvalue weighted by molar-refractivity contribution is 7.98. The zero-order valence-electron chi connectivity index (χ0n) is 43.0. The van der Waals surface area contributed by atoms with Crippen LogP contribution in [-0.2, 0) is 60.8 Å². The lowest BCUT2D eigenvalue weighted by molar-refractivity contribution is -0.142. The molecule has 1 aliphatic heterocycles. The quantitative estimate of drug-likeness (QED) is 0.0177. The number of unbranched alkanes of at least 4 members (excludes halogenated alkanes) is 1. The van der Waals surface area contributed by atoms with Crippen molar-refractivity contribution in [3.8, 4) is 5.75 Å². The van der Waals surface area contributed by atoms with Gasteiger partial charge in [0.25, 0.3) is 0 Å². The maximum absolute atomic E-state index is 14.7. The normalized spacial score (nSPS) is 16.1. The number of imidazole rings is 1.